The quantitative estimate of drug-likeness (QED) is 0.549. The molecule has 6 nitrogen and oxygen atoms in total. The first-order chi connectivity index (χ1) is 14.0. The minimum Gasteiger partial charge on any atom is -0.325 e. The number of hydrogen-bond acceptors (Lipinski definition) is 3. The predicted octanol–water partition coefficient (Wildman–Crippen LogP) is 3.10. The van der Waals surface area contributed by atoms with Gasteiger partial charge >= 0.3 is 11.1 Å². The lowest BCUT2D eigenvalue weighted by Gasteiger charge is -2.11. The van der Waals surface area contributed by atoms with E-state index in [-0.39, 0.29) is 12.5 Å². The van der Waals surface area contributed by atoms with Gasteiger partial charge in [-0.3, -0.25) is 23.5 Å². The molecule has 1 amide bonds. The van der Waals surface area contributed by atoms with Gasteiger partial charge in [-0.25, -0.2) is 0 Å². The molecule has 0 fully saturated rings. The fraction of sp³-hybridized carbons (Fsp3) is 0.0870. The van der Waals surface area contributed by atoms with Crippen molar-refractivity contribution in [2.24, 2.45) is 0 Å². The summed E-state index contributed by atoms with van der Waals surface area (Å²) in [6, 6.07) is 20.6. The molecule has 6 heteroatoms. The first-order valence-corrected chi connectivity index (χ1v) is 9.20. The first kappa shape index (κ1) is 18.4. The van der Waals surface area contributed by atoms with Gasteiger partial charge in [-0.1, -0.05) is 54.1 Å². The van der Waals surface area contributed by atoms with Gasteiger partial charge in [0.15, 0.2) is 0 Å². The van der Waals surface area contributed by atoms with Crippen LogP contribution in [0.2, 0.25) is 0 Å². The molecule has 0 aliphatic carbocycles. The van der Waals surface area contributed by atoms with Crippen LogP contribution in [0.3, 0.4) is 0 Å². The van der Waals surface area contributed by atoms with E-state index in [9.17, 15) is 14.4 Å². The second kappa shape index (κ2) is 7.59. The highest BCUT2D eigenvalue weighted by molar-refractivity contribution is 5.91. The van der Waals surface area contributed by atoms with Gasteiger partial charge in [0.25, 0.3) is 0 Å². The van der Waals surface area contributed by atoms with Crippen LogP contribution >= 0.6 is 0 Å². The monoisotopic (exact) mass is 385 g/mol. The lowest BCUT2D eigenvalue weighted by molar-refractivity contribution is -0.116. The Morgan fingerprint density at radius 2 is 1.59 bits per heavy atom. The lowest BCUT2D eigenvalue weighted by Crippen LogP contribution is -2.41. The number of nitrogens with one attached hydrogen (secondary N) is 1. The fourth-order valence-corrected chi connectivity index (χ4v) is 3.23. The Labute approximate surface area is 166 Å². The van der Waals surface area contributed by atoms with E-state index in [0.717, 1.165) is 20.9 Å². The van der Waals surface area contributed by atoms with Gasteiger partial charge in [0.2, 0.25) is 5.91 Å². The van der Waals surface area contributed by atoms with Crippen LogP contribution in [-0.4, -0.2) is 15.0 Å². The summed E-state index contributed by atoms with van der Waals surface area (Å²) in [5, 5.41) is 4.57. The van der Waals surface area contributed by atoms with Crippen molar-refractivity contribution in [3.8, 4) is 5.69 Å². The van der Waals surface area contributed by atoms with E-state index in [1.807, 2.05) is 55.5 Å². The molecule has 0 aliphatic rings. The van der Waals surface area contributed by atoms with E-state index in [4.69, 9.17) is 0 Å². The third-order valence-corrected chi connectivity index (χ3v) is 4.73. The summed E-state index contributed by atoms with van der Waals surface area (Å²) in [6.07, 6.45) is 2.98. The molecular weight excluding hydrogens is 366 g/mol. The highest BCUT2D eigenvalue weighted by atomic mass is 16.2. The average Bonchev–Trinajstić information content (AvgIpc) is 2.73. The second-order valence-corrected chi connectivity index (χ2v) is 6.82. The number of hydrogen-bond donors (Lipinski definition) is 1. The van der Waals surface area contributed by atoms with Crippen LogP contribution in [0.5, 0.6) is 0 Å². The van der Waals surface area contributed by atoms with Crippen molar-refractivity contribution < 1.29 is 4.79 Å². The van der Waals surface area contributed by atoms with Crippen LogP contribution in [0.25, 0.3) is 16.5 Å². The zero-order chi connectivity index (χ0) is 20.4. The van der Waals surface area contributed by atoms with Crippen molar-refractivity contribution in [3.63, 3.8) is 0 Å². The van der Waals surface area contributed by atoms with E-state index in [0.29, 0.717) is 11.4 Å². The Balaban J connectivity index is 1.64. The number of anilines is 1. The standard InChI is InChI=1S/C23H19N3O3/c1-16-9-11-18(12-10-16)24-21(27)15-25-13-14-26(23(29)22(25)28)20-8-4-6-17-5-2-3-7-19(17)20/h2-14H,15H2,1H3,(H,24,27). The van der Waals surface area contributed by atoms with Crippen LogP contribution in [-0.2, 0) is 11.3 Å². The Bertz CT molecular complexity index is 1310. The molecule has 3 aromatic carbocycles. The highest BCUT2D eigenvalue weighted by Gasteiger charge is 2.11. The number of nitrogens with zero attached hydrogens (tertiary/aromatic N) is 2. The van der Waals surface area contributed by atoms with Gasteiger partial charge in [0, 0.05) is 23.5 Å². The van der Waals surface area contributed by atoms with Crippen LogP contribution in [0.4, 0.5) is 5.69 Å². The largest absolute Gasteiger partial charge is 0.325 e. The Morgan fingerprint density at radius 3 is 2.38 bits per heavy atom. The topological polar surface area (TPSA) is 73.1 Å². The minimum atomic E-state index is -0.750. The number of carbonyl (C=O) groups excluding carboxylic acids is 1. The van der Waals surface area contributed by atoms with Crippen molar-refractivity contribution in [3.05, 3.63) is 105 Å². The maximum Gasteiger partial charge on any atom is 0.321 e. The molecule has 0 radical (unpaired) electrons. The Morgan fingerprint density at radius 1 is 0.862 bits per heavy atom. The number of aromatic nitrogens is 2. The molecule has 1 heterocycles. The number of benzene rings is 3. The lowest BCUT2D eigenvalue weighted by atomic mass is 10.1. The fourth-order valence-electron chi connectivity index (χ4n) is 3.23. The maximum absolute atomic E-state index is 12.7. The van der Waals surface area contributed by atoms with E-state index >= 15 is 0 Å². The van der Waals surface area contributed by atoms with Crippen LogP contribution < -0.4 is 16.4 Å². The predicted molar refractivity (Wildman–Crippen MR) is 114 cm³/mol. The minimum absolute atomic E-state index is 0.238. The molecule has 1 N–H and O–H groups in total. The van der Waals surface area contributed by atoms with E-state index in [1.165, 1.54) is 17.0 Å². The molecule has 4 aromatic rings. The SMILES string of the molecule is Cc1ccc(NC(=O)Cn2ccn(-c3cccc4ccccc34)c(=O)c2=O)cc1. The van der Waals surface area contributed by atoms with Crippen molar-refractivity contribution in [2.75, 3.05) is 5.32 Å². The van der Waals surface area contributed by atoms with Gasteiger partial charge in [0.1, 0.15) is 6.54 Å². The van der Waals surface area contributed by atoms with Crippen LogP contribution in [0.15, 0.2) is 88.7 Å². The van der Waals surface area contributed by atoms with Crippen molar-refractivity contribution in [1.29, 1.82) is 0 Å². The van der Waals surface area contributed by atoms with Gasteiger partial charge < -0.3 is 5.32 Å². The van der Waals surface area contributed by atoms with Crippen molar-refractivity contribution in [2.45, 2.75) is 13.5 Å². The Kier molecular flexibility index (Phi) is 4.83. The smallest absolute Gasteiger partial charge is 0.321 e. The van der Waals surface area contributed by atoms with E-state index < -0.39 is 11.1 Å². The van der Waals surface area contributed by atoms with E-state index in [2.05, 4.69) is 5.32 Å². The zero-order valence-electron chi connectivity index (χ0n) is 15.8. The van der Waals surface area contributed by atoms with Crippen molar-refractivity contribution >= 4 is 22.4 Å². The van der Waals surface area contributed by atoms with Crippen LogP contribution in [0.1, 0.15) is 5.56 Å². The summed E-state index contributed by atoms with van der Waals surface area (Å²) in [7, 11) is 0. The van der Waals surface area contributed by atoms with Gasteiger partial charge in [-0.15, -0.1) is 0 Å². The van der Waals surface area contributed by atoms with Gasteiger partial charge in [-0.05, 0) is 30.5 Å². The molecule has 0 saturated heterocycles. The summed E-state index contributed by atoms with van der Waals surface area (Å²) in [5.41, 5.74) is 0.891. The molecular formula is C23H19N3O3. The maximum atomic E-state index is 12.7. The molecule has 0 saturated carbocycles. The van der Waals surface area contributed by atoms with Crippen LogP contribution in [0, 0.1) is 6.92 Å². The summed E-state index contributed by atoms with van der Waals surface area (Å²) >= 11 is 0. The average molecular weight is 385 g/mol. The summed E-state index contributed by atoms with van der Waals surface area (Å²) in [5.74, 6) is -0.377. The molecule has 1 aromatic heterocycles. The molecule has 29 heavy (non-hydrogen) atoms. The third-order valence-electron chi connectivity index (χ3n) is 4.73. The molecule has 0 spiro atoms. The summed E-state index contributed by atoms with van der Waals surface area (Å²) < 4.78 is 2.44. The number of aryl methyl sites for hydroxylation is 1. The van der Waals surface area contributed by atoms with Crippen molar-refractivity contribution in [1.82, 2.24) is 9.13 Å². The second-order valence-electron chi connectivity index (χ2n) is 6.82. The Hall–Kier alpha value is -3.93. The summed E-state index contributed by atoms with van der Waals surface area (Å²) in [6.45, 7) is 1.72. The molecule has 144 valence electrons. The normalized spacial score (nSPS) is 10.8. The number of carbonyl (C=O) groups is 1. The number of amides is 1. The van der Waals surface area contributed by atoms with Gasteiger partial charge in [-0.2, -0.15) is 0 Å². The molecule has 0 bridgehead atoms. The molecule has 4 rings (SSSR count). The molecule has 0 aliphatic heterocycles. The highest BCUT2D eigenvalue weighted by Crippen LogP contribution is 2.20. The first-order valence-electron chi connectivity index (χ1n) is 9.20. The zero-order valence-corrected chi connectivity index (χ0v) is 15.8. The van der Waals surface area contributed by atoms with Gasteiger partial charge in [0.05, 0.1) is 5.69 Å². The van der Waals surface area contributed by atoms with E-state index in [1.54, 1.807) is 18.2 Å². The molecule has 0 unspecified atom stereocenters. The summed E-state index contributed by atoms with van der Waals surface area (Å²) in [4.78, 5) is 37.6. The number of rotatable bonds is 4. The number of fused-ring (bicyclic) bond motifs is 1. The third kappa shape index (κ3) is 3.73. The molecule has 0 atom stereocenters.